The molecule has 0 fully saturated rings. The van der Waals surface area contributed by atoms with E-state index >= 15 is 0 Å². The molecule has 0 aromatic heterocycles. The molecular formula is C23H33NO4. The first-order chi connectivity index (χ1) is 13.6. The van der Waals surface area contributed by atoms with E-state index in [2.05, 4.69) is 12.2 Å². The molecule has 1 aromatic carbocycles. The minimum absolute atomic E-state index is 0.240. The Morgan fingerprint density at radius 1 is 0.857 bits per heavy atom. The number of benzene rings is 1. The molecule has 1 aromatic rings. The summed E-state index contributed by atoms with van der Waals surface area (Å²) in [5.41, 5.74) is 0.886. The predicted octanol–water partition coefficient (Wildman–Crippen LogP) is 4.81. The number of hydrogen-bond donors (Lipinski definition) is 1. The highest BCUT2D eigenvalue weighted by Crippen LogP contribution is 2.10. The first-order valence-corrected chi connectivity index (χ1v) is 10.4. The molecule has 154 valence electrons. The van der Waals surface area contributed by atoms with Gasteiger partial charge in [-0.05, 0) is 18.1 Å². The van der Waals surface area contributed by atoms with Crippen LogP contribution in [0.3, 0.4) is 0 Å². The van der Waals surface area contributed by atoms with Gasteiger partial charge in [0.1, 0.15) is 6.54 Å². The zero-order chi connectivity index (χ0) is 20.5. The van der Waals surface area contributed by atoms with Crippen LogP contribution in [0.25, 0.3) is 6.08 Å². The molecule has 0 bridgehead atoms. The molecule has 1 N–H and O–H groups in total. The Hall–Kier alpha value is -2.43. The number of amides is 1. The number of hydrogen-bond acceptors (Lipinski definition) is 4. The molecule has 0 aliphatic heterocycles. The van der Waals surface area contributed by atoms with Gasteiger partial charge >= 0.3 is 11.9 Å². The molecule has 0 aliphatic rings. The van der Waals surface area contributed by atoms with Gasteiger partial charge in [0.15, 0.2) is 0 Å². The predicted molar refractivity (Wildman–Crippen MR) is 111 cm³/mol. The van der Waals surface area contributed by atoms with E-state index in [4.69, 9.17) is 4.74 Å². The molecule has 0 saturated carbocycles. The van der Waals surface area contributed by atoms with Gasteiger partial charge in [0, 0.05) is 12.5 Å². The monoisotopic (exact) mass is 387 g/mol. The lowest BCUT2D eigenvalue weighted by molar-refractivity contribution is -0.159. The van der Waals surface area contributed by atoms with E-state index in [0.29, 0.717) is 0 Å². The third-order valence-electron chi connectivity index (χ3n) is 4.35. The third kappa shape index (κ3) is 12.8. The summed E-state index contributed by atoms with van der Waals surface area (Å²) >= 11 is 0. The molecule has 0 unspecified atom stereocenters. The van der Waals surface area contributed by atoms with E-state index in [9.17, 15) is 14.4 Å². The van der Waals surface area contributed by atoms with Crippen molar-refractivity contribution in [1.82, 2.24) is 5.32 Å². The van der Waals surface area contributed by atoms with Crippen molar-refractivity contribution in [3.8, 4) is 0 Å². The summed E-state index contributed by atoms with van der Waals surface area (Å²) in [5.74, 6) is -1.67. The molecule has 0 spiro atoms. The van der Waals surface area contributed by atoms with Gasteiger partial charge in [-0.25, -0.2) is 4.79 Å². The van der Waals surface area contributed by atoms with Gasteiger partial charge in [0.2, 0.25) is 5.91 Å². The van der Waals surface area contributed by atoms with Crippen LogP contribution in [0, 0.1) is 0 Å². The van der Waals surface area contributed by atoms with E-state index in [1.165, 1.54) is 44.6 Å². The molecule has 0 aliphatic carbocycles. The summed E-state index contributed by atoms with van der Waals surface area (Å²) in [6.45, 7) is 1.89. The Morgan fingerprint density at radius 3 is 2.11 bits per heavy atom. The van der Waals surface area contributed by atoms with Crippen molar-refractivity contribution in [1.29, 1.82) is 0 Å². The summed E-state index contributed by atoms with van der Waals surface area (Å²) in [4.78, 5) is 34.9. The average molecular weight is 388 g/mol. The van der Waals surface area contributed by atoms with Gasteiger partial charge in [-0.3, -0.25) is 9.59 Å². The second kappa shape index (κ2) is 15.6. The van der Waals surface area contributed by atoms with Crippen LogP contribution in [0.15, 0.2) is 36.4 Å². The van der Waals surface area contributed by atoms with Crippen LogP contribution in [0.1, 0.15) is 76.7 Å². The lowest BCUT2D eigenvalue weighted by Crippen LogP contribution is -2.30. The normalized spacial score (nSPS) is 10.8. The molecular weight excluding hydrogens is 354 g/mol. The molecule has 1 rings (SSSR count). The van der Waals surface area contributed by atoms with Crippen LogP contribution in [0.4, 0.5) is 0 Å². The number of ether oxygens (including phenoxy) is 1. The highest BCUT2D eigenvalue weighted by molar-refractivity contribution is 5.95. The van der Waals surface area contributed by atoms with Gasteiger partial charge < -0.3 is 10.1 Å². The molecule has 1 amide bonds. The fourth-order valence-electron chi connectivity index (χ4n) is 2.75. The topological polar surface area (TPSA) is 72.5 Å². The van der Waals surface area contributed by atoms with Gasteiger partial charge in [0.25, 0.3) is 0 Å². The van der Waals surface area contributed by atoms with Crippen molar-refractivity contribution >= 4 is 23.9 Å². The first-order valence-electron chi connectivity index (χ1n) is 10.4. The molecule has 5 nitrogen and oxygen atoms in total. The van der Waals surface area contributed by atoms with Gasteiger partial charge in [-0.2, -0.15) is 0 Å². The van der Waals surface area contributed by atoms with Crippen LogP contribution in [-0.2, 0) is 19.1 Å². The molecule has 5 heteroatoms. The Labute approximate surface area is 168 Å². The van der Waals surface area contributed by atoms with Gasteiger partial charge in [-0.1, -0.05) is 88.6 Å². The molecule has 0 radical (unpaired) electrons. The van der Waals surface area contributed by atoms with E-state index in [1.807, 2.05) is 30.3 Å². The Morgan fingerprint density at radius 2 is 1.46 bits per heavy atom. The lowest BCUT2D eigenvalue weighted by atomic mass is 10.1. The molecule has 28 heavy (non-hydrogen) atoms. The van der Waals surface area contributed by atoms with Crippen LogP contribution < -0.4 is 5.32 Å². The largest absolute Gasteiger partial charge is 0.392 e. The van der Waals surface area contributed by atoms with E-state index in [0.717, 1.165) is 24.8 Å². The van der Waals surface area contributed by atoms with Crippen LogP contribution in [0.5, 0.6) is 0 Å². The Balaban J connectivity index is 2.04. The minimum Gasteiger partial charge on any atom is -0.392 e. The minimum atomic E-state index is -0.734. The smallest absolute Gasteiger partial charge is 0.333 e. The van der Waals surface area contributed by atoms with Crippen LogP contribution in [-0.4, -0.2) is 24.4 Å². The third-order valence-corrected chi connectivity index (χ3v) is 4.35. The van der Waals surface area contributed by atoms with E-state index < -0.39 is 17.8 Å². The van der Waals surface area contributed by atoms with E-state index in [1.54, 1.807) is 6.08 Å². The fourth-order valence-corrected chi connectivity index (χ4v) is 2.75. The second-order valence-electron chi connectivity index (χ2n) is 6.89. The maximum absolute atomic E-state index is 11.7. The second-order valence-corrected chi connectivity index (χ2v) is 6.89. The van der Waals surface area contributed by atoms with Crippen molar-refractivity contribution in [2.75, 3.05) is 6.54 Å². The summed E-state index contributed by atoms with van der Waals surface area (Å²) in [5, 5.41) is 2.41. The number of nitrogens with one attached hydrogen (secondary N) is 1. The fraction of sp³-hybridized carbons (Fsp3) is 0.522. The summed E-state index contributed by atoms with van der Waals surface area (Å²) in [7, 11) is 0. The zero-order valence-corrected chi connectivity index (χ0v) is 17.0. The van der Waals surface area contributed by atoms with Crippen molar-refractivity contribution in [2.24, 2.45) is 0 Å². The molecule has 0 saturated heterocycles. The standard InChI is InChI=1S/C23H33NO4/c1-2-3-4-5-6-7-8-9-13-16-22(26)28-23(27)19-24-21(25)18-17-20-14-11-10-12-15-20/h10-12,14-15,17-18H,2-9,13,16,19H2,1H3,(H,24,25). The number of unbranched alkanes of at least 4 members (excludes halogenated alkanes) is 8. The Bertz CT molecular complexity index is 610. The van der Waals surface area contributed by atoms with Gasteiger partial charge in [-0.15, -0.1) is 0 Å². The van der Waals surface area contributed by atoms with Crippen LogP contribution in [0.2, 0.25) is 0 Å². The van der Waals surface area contributed by atoms with Crippen molar-refractivity contribution in [2.45, 2.75) is 71.1 Å². The number of rotatable bonds is 14. The summed E-state index contributed by atoms with van der Waals surface area (Å²) < 4.78 is 4.72. The van der Waals surface area contributed by atoms with Crippen molar-refractivity contribution in [3.05, 3.63) is 42.0 Å². The molecule has 0 atom stereocenters. The highest BCUT2D eigenvalue weighted by atomic mass is 16.6. The SMILES string of the molecule is CCCCCCCCCCCC(=O)OC(=O)CNC(=O)C=Cc1ccccc1. The highest BCUT2D eigenvalue weighted by Gasteiger charge is 2.10. The van der Waals surface area contributed by atoms with Crippen molar-refractivity contribution < 1.29 is 19.1 Å². The number of esters is 2. The summed E-state index contributed by atoms with van der Waals surface area (Å²) in [6, 6.07) is 9.35. The maximum atomic E-state index is 11.7. The molecule has 0 heterocycles. The van der Waals surface area contributed by atoms with Gasteiger partial charge in [0.05, 0.1) is 0 Å². The zero-order valence-electron chi connectivity index (χ0n) is 17.0. The summed E-state index contributed by atoms with van der Waals surface area (Å²) in [6.07, 6.45) is 13.6. The Kier molecular flexibility index (Phi) is 13.2. The first kappa shape index (κ1) is 23.6. The lowest BCUT2D eigenvalue weighted by Gasteiger charge is -2.04. The number of carbonyl (C=O) groups excluding carboxylic acids is 3. The van der Waals surface area contributed by atoms with E-state index in [-0.39, 0.29) is 13.0 Å². The quantitative estimate of drug-likeness (QED) is 0.215. The van der Waals surface area contributed by atoms with Crippen LogP contribution >= 0.6 is 0 Å². The number of carbonyl (C=O) groups is 3. The van der Waals surface area contributed by atoms with Crippen molar-refractivity contribution in [3.63, 3.8) is 0 Å². The average Bonchev–Trinajstić information content (AvgIpc) is 2.70. The maximum Gasteiger partial charge on any atom is 0.333 e.